The Morgan fingerprint density at radius 3 is 2.76 bits per heavy atom. The van der Waals surface area contributed by atoms with Crippen molar-refractivity contribution >= 4 is 40.1 Å². The molecule has 0 aliphatic rings. The molecule has 0 unspecified atom stereocenters. The van der Waals surface area contributed by atoms with Gasteiger partial charge in [-0.25, -0.2) is 9.78 Å². The predicted octanol–water partition coefficient (Wildman–Crippen LogP) is 2.71. The van der Waals surface area contributed by atoms with Crippen molar-refractivity contribution in [3.05, 3.63) is 53.0 Å². The summed E-state index contributed by atoms with van der Waals surface area (Å²) < 4.78 is 4.91. The number of hydrogen-bond donors (Lipinski definition) is 1. The second-order valence-electron chi connectivity index (χ2n) is 4.61. The Balaban J connectivity index is 2.05. The van der Waals surface area contributed by atoms with E-state index in [0.717, 1.165) is 5.56 Å². The van der Waals surface area contributed by atoms with Gasteiger partial charge in [0.1, 0.15) is 12.8 Å². The van der Waals surface area contributed by atoms with Crippen LogP contribution >= 0.6 is 11.3 Å². The third kappa shape index (κ3) is 5.54. The van der Waals surface area contributed by atoms with Crippen LogP contribution in [0.2, 0.25) is 0 Å². The van der Waals surface area contributed by atoms with Crippen molar-refractivity contribution in [3.8, 4) is 0 Å². The van der Waals surface area contributed by atoms with Gasteiger partial charge in [-0.15, -0.1) is 11.3 Å². The van der Waals surface area contributed by atoms with Gasteiger partial charge in [-0.1, -0.05) is 35.5 Å². The zero-order valence-electron chi connectivity index (χ0n) is 13.8. The molecule has 0 aliphatic carbocycles. The number of carbonyl (C=O) groups excluding carboxylic acids is 2. The van der Waals surface area contributed by atoms with Crippen LogP contribution in [0.1, 0.15) is 18.2 Å². The fourth-order valence-electron chi connectivity index (χ4n) is 1.80. The molecule has 7 nitrogen and oxygen atoms in total. The summed E-state index contributed by atoms with van der Waals surface area (Å²) in [5, 5.41) is 8.20. The molecule has 0 fully saturated rings. The monoisotopic (exact) mass is 359 g/mol. The average Bonchev–Trinajstić information content (AvgIpc) is 3.07. The van der Waals surface area contributed by atoms with E-state index in [1.54, 1.807) is 18.4 Å². The molecule has 1 amide bonds. The van der Waals surface area contributed by atoms with Crippen LogP contribution < -0.4 is 5.32 Å². The molecule has 130 valence electrons. The number of esters is 1. The van der Waals surface area contributed by atoms with Gasteiger partial charge in [-0.2, -0.15) is 0 Å². The molecule has 1 N–H and O–H groups in total. The number of anilines is 1. The van der Waals surface area contributed by atoms with Gasteiger partial charge >= 0.3 is 5.97 Å². The summed E-state index contributed by atoms with van der Waals surface area (Å²) in [6.07, 6.45) is 3.10. The molecule has 1 aromatic heterocycles. The van der Waals surface area contributed by atoms with E-state index in [1.807, 2.05) is 30.3 Å². The maximum atomic E-state index is 11.9. The number of thiazole rings is 1. The highest BCUT2D eigenvalue weighted by molar-refractivity contribution is 7.14. The Hall–Kier alpha value is -3.00. The maximum Gasteiger partial charge on any atom is 0.362 e. The lowest BCUT2D eigenvalue weighted by Gasteiger charge is -2.02. The first-order valence-electron chi connectivity index (χ1n) is 7.42. The first-order chi connectivity index (χ1) is 12.1. The predicted molar refractivity (Wildman–Crippen MR) is 96.4 cm³/mol. The van der Waals surface area contributed by atoms with E-state index in [1.165, 1.54) is 24.5 Å². The Morgan fingerprint density at radius 2 is 2.08 bits per heavy atom. The molecule has 0 saturated carbocycles. The van der Waals surface area contributed by atoms with Gasteiger partial charge in [0.05, 0.1) is 6.61 Å². The van der Waals surface area contributed by atoms with Crippen LogP contribution in [0.4, 0.5) is 5.13 Å². The van der Waals surface area contributed by atoms with Crippen molar-refractivity contribution < 1.29 is 19.2 Å². The van der Waals surface area contributed by atoms with Crippen LogP contribution in [0.5, 0.6) is 0 Å². The molecule has 8 heteroatoms. The maximum absolute atomic E-state index is 11.9. The summed E-state index contributed by atoms with van der Waals surface area (Å²) in [6, 6.07) is 9.45. The Bertz CT molecular complexity index is 784. The van der Waals surface area contributed by atoms with Gasteiger partial charge in [0.2, 0.25) is 11.6 Å². The molecule has 0 radical (unpaired) electrons. The summed E-state index contributed by atoms with van der Waals surface area (Å²) in [5.74, 6) is -0.970. The topological polar surface area (TPSA) is 89.9 Å². The van der Waals surface area contributed by atoms with Gasteiger partial charge in [0.15, 0.2) is 5.13 Å². The van der Waals surface area contributed by atoms with Crippen molar-refractivity contribution in [1.82, 2.24) is 4.98 Å². The fraction of sp³-hybridized carbons (Fsp3) is 0.176. The van der Waals surface area contributed by atoms with E-state index in [2.05, 4.69) is 20.3 Å². The van der Waals surface area contributed by atoms with Crippen molar-refractivity contribution in [2.24, 2.45) is 5.16 Å². The van der Waals surface area contributed by atoms with Crippen molar-refractivity contribution in [1.29, 1.82) is 0 Å². The van der Waals surface area contributed by atoms with Gasteiger partial charge in [-0.3, -0.25) is 10.1 Å². The number of rotatable bonds is 7. The van der Waals surface area contributed by atoms with Crippen LogP contribution in [0, 0.1) is 0 Å². The molecular weight excluding hydrogens is 342 g/mol. The summed E-state index contributed by atoms with van der Waals surface area (Å²) in [6.45, 7) is 1.90. The van der Waals surface area contributed by atoms with E-state index in [0.29, 0.717) is 5.13 Å². The number of oxime groups is 1. The zero-order chi connectivity index (χ0) is 18.1. The number of hydrogen-bond acceptors (Lipinski definition) is 7. The van der Waals surface area contributed by atoms with Crippen molar-refractivity contribution in [3.63, 3.8) is 0 Å². The number of nitrogens with zero attached hydrogens (tertiary/aromatic N) is 2. The third-order valence-electron chi connectivity index (χ3n) is 2.86. The highest BCUT2D eigenvalue weighted by Crippen LogP contribution is 2.17. The van der Waals surface area contributed by atoms with E-state index in [-0.39, 0.29) is 23.9 Å². The minimum atomic E-state index is -0.642. The molecule has 1 heterocycles. The summed E-state index contributed by atoms with van der Waals surface area (Å²) in [7, 11) is 1.32. The second-order valence-corrected chi connectivity index (χ2v) is 5.47. The first-order valence-corrected chi connectivity index (χ1v) is 8.30. The number of nitrogens with one attached hydrogen (secondary N) is 1. The van der Waals surface area contributed by atoms with Crippen molar-refractivity contribution in [2.45, 2.75) is 6.92 Å². The second kappa shape index (κ2) is 9.33. The lowest BCUT2D eigenvalue weighted by Crippen LogP contribution is -2.19. The summed E-state index contributed by atoms with van der Waals surface area (Å²) in [5.41, 5.74) is 1.13. The lowest BCUT2D eigenvalue weighted by atomic mass is 10.2. The van der Waals surface area contributed by atoms with Crippen LogP contribution in [0.15, 0.2) is 46.9 Å². The van der Waals surface area contributed by atoms with Crippen LogP contribution in [0.3, 0.4) is 0 Å². The molecule has 2 rings (SSSR count). The van der Waals surface area contributed by atoms with E-state index < -0.39 is 5.97 Å². The molecular formula is C17H17N3O4S. The normalized spacial score (nSPS) is 11.4. The molecule has 0 saturated heterocycles. The van der Waals surface area contributed by atoms with Crippen molar-refractivity contribution in [2.75, 3.05) is 19.0 Å². The molecule has 25 heavy (non-hydrogen) atoms. The number of benzene rings is 1. The standard InChI is InChI=1S/C17H17N3O4S/c1-3-24-16(22)15(20-23-2)13-11-25-17(18-13)19-14(21)10-9-12-7-5-4-6-8-12/h4-11H,3H2,1-2H3,(H,18,19,21). The average molecular weight is 359 g/mol. The van der Waals surface area contributed by atoms with E-state index >= 15 is 0 Å². The van der Waals surface area contributed by atoms with Gasteiger partial charge in [-0.05, 0) is 18.6 Å². The minimum Gasteiger partial charge on any atom is -0.461 e. The van der Waals surface area contributed by atoms with Gasteiger partial charge in [0, 0.05) is 11.5 Å². The number of aromatic nitrogens is 1. The van der Waals surface area contributed by atoms with Gasteiger partial charge < -0.3 is 9.57 Å². The van der Waals surface area contributed by atoms with Crippen LogP contribution in [0.25, 0.3) is 6.08 Å². The van der Waals surface area contributed by atoms with Crippen LogP contribution in [-0.4, -0.2) is 36.3 Å². The number of amides is 1. The molecule has 0 atom stereocenters. The Kier molecular flexibility index (Phi) is 6.85. The third-order valence-corrected chi connectivity index (χ3v) is 3.61. The van der Waals surface area contributed by atoms with E-state index in [9.17, 15) is 9.59 Å². The molecule has 1 aromatic carbocycles. The quantitative estimate of drug-likeness (QED) is 0.355. The van der Waals surface area contributed by atoms with Crippen LogP contribution in [-0.2, 0) is 19.2 Å². The minimum absolute atomic E-state index is 0.0547. The van der Waals surface area contributed by atoms with E-state index in [4.69, 9.17) is 4.74 Å². The molecule has 0 spiro atoms. The highest BCUT2D eigenvalue weighted by atomic mass is 32.1. The zero-order valence-corrected chi connectivity index (χ0v) is 14.6. The fourth-order valence-corrected chi connectivity index (χ4v) is 2.50. The smallest absolute Gasteiger partial charge is 0.362 e. The molecule has 0 aliphatic heterocycles. The Labute approximate surface area is 149 Å². The Morgan fingerprint density at radius 1 is 1.32 bits per heavy atom. The highest BCUT2D eigenvalue weighted by Gasteiger charge is 2.20. The SMILES string of the molecule is CCOC(=O)C(=NOC)c1csc(NC(=O)C=Cc2ccccc2)n1. The number of ether oxygens (including phenoxy) is 1. The molecule has 2 aromatic rings. The largest absolute Gasteiger partial charge is 0.461 e. The van der Waals surface area contributed by atoms with Gasteiger partial charge in [0.25, 0.3) is 0 Å². The molecule has 0 bridgehead atoms. The summed E-state index contributed by atoms with van der Waals surface area (Å²) >= 11 is 1.17. The number of carbonyl (C=O) groups is 2. The lowest BCUT2D eigenvalue weighted by molar-refractivity contribution is -0.135. The summed E-state index contributed by atoms with van der Waals surface area (Å²) in [4.78, 5) is 32.6. The first kappa shape index (κ1) is 18.3.